The van der Waals surface area contributed by atoms with Crippen molar-refractivity contribution in [2.75, 3.05) is 7.11 Å². The van der Waals surface area contributed by atoms with Crippen LogP contribution in [0.15, 0.2) is 12.1 Å². The van der Waals surface area contributed by atoms with Gasteiger partial charge in [0.2, 0.25) is 0 Å². The first kappa shape index (κ1) is 11.7. The Morgan fingerprint density at radius 3 is 2.67 bits per heavy atom. The number of methoxy groups -OCH3 is 1. The highest BCUT2D eigenvalue weighted by Crippen LogP contribution is 2.29. The van der Waals surface area contributed by atoms with E-state index in [9.17, 15) is 20.0 Å². The van der Waals surface area contributed by atoms with Gasteiger partial charge in [0.1, 0.15) is 11.3 Å². The predicted molar refractivity (Wildman–Crippen MR) is 58.8 cm³/mol. The van der Waals surface area contributed by atoms with E-state index in [-0.39, 0.29) is 20.6 Å². The summed E-state index contributed by atoms with van der Waals surface area (Å²) in [7, 11) is 1.13. The van der Waals surface area contributed by atoms with Gasteiger partial charge in [0.15, 0.2) is 0 Å². The SMILES string of the molecule is COC(=O)c1cc([N+](=O)[O-])cc(I)c1O. The van der Waals surface area contributed by atoms with Crippen LogP contribution in [0, 0.1) is 13.7 Å². The number of phenols is 1. The van der Waals surface area contributed by atoms with Gasteiger partial charge in [0.05, 0.1) is 15.6 Å². The van der Waals surface area contributed by atoms with Gasteiger partial charge in [-0.2, -0.15) is 0 Å². The molecule has 80 valence electrons. The number of carbonyl (C=O) groups excluding carboxylic acids is 1. The molecule has 1 N–H and O–H groups in total. The van der Waals surface area contributed by atoms with Crippen molar-refractivity contribution in [2.45, 2.75) is 0 Å². The first-order valence-electron chi connectivity index (χ1n) is 3.72. The molecule has 0 aliphatic rings. The summed E-state index contributed by atoms with van der Waals surface area (Å²) >= 11 is 1.70. The maximum absolute atomic E-state index is 11.2. The predicted octanol–water partition coefficient (Wildman–Crippen LogP) is 1.69. The number of non-ortho nitro benzene ring substituents is 1. The van der Waals surface area contributed by atoms with Crippen LogP contribution in [0.25, 0.3) is 0 Å². The summed E-state index contributed by atoms with van der Waals surface area (Å²) in [5.74, 6) is -1.12. The fourth-order valence-electron chi connectivity index (χ4n) is 0.956. The van der Waals surface area contributed by atoms with Crippen LogP contribution in [0.2, 0.25) is 0 Å². The summed E-state index contributed by atoms with van der Waals surface area (Å²) in [6.45, 7) is 0. The van der Waals surface area contributed by atoms with Gasteiger partial charge in [0.25, 0.3) is 5.69 Å². The molecule has 0 aromatic heterocycles. The number of phenolic OH excluding ortho intramolecular Hbond substituents is 1. The summed E-state index contributed by atoms with van der Waals surface area (Å²) in [5, 5.41) is 20.0. The summed E-state index contributed by atoms with van der Waals surface area (Å²) in [5.41, 5.74) is -0.478. The van der Waals surface area contributed by atoms with Crippen molar-refractivity contribution in [1.29, 1.82) is 0 Å². The van der Waals surface area contributed by atoms with Crippen LogP contribution in [-0.4, -0.2) is 23.1 Å². The van der Waals surface area contributed by atoms with Crippen LogP contribution in [0.5, 0.6) is 5.75 Å². The molecule has 0 aliphatic carbocycles. The van der Waals surface area contributed by atoms with Gasteiger partial charge in [-0.15, -0.1) is 0 Å². The fraction of sp³-hybridized carbons (Fsp3) is 0.125. The van der Waals surface area contributed by atoms with Crippen LogP contribution in [0.1, 0.15) is 10.4 Å². The molecule has 0 radical (unpaired) electrons. The van der Waals surface area contributed by atoms with Crippen molar-refractivity contribution in [1.82, 2.24) is 0 Å². The number of ether oxygens (including phenoxy) is 1. The molecule has 1 rings (SSSR count). The summed E-state index contributed by atoms with van der Waals surface area (Å²) in [6, 6.07) is 2.14. The van der Waals surface area contributed by atoms with E-state index in [1.165, 1.54) is 6.07 Å². The minimum Gasteiger partial charge on any atom is -0.506 e. The Hall–Kier alpha value is -1.38. The number of hydrogen-bond donors (Lipinski definition) is 1. The van der Waals surface area contributed by atoms with Crippen molar-refractivity contribution in [3.05, 3.63) is 31.4 Å². The van der Waals surface area contributed by atoms with Gasteiger partial charge in [-0.05, 0) is 22.6 Å². The smallest absolute Gasteiger partial charge is 0.341 e. The highest BCUT2D eigenvalue weighted by molar-refractivity contribution is 14.1. The lowest BCUT2D eigenvalue weighted by Crippen LogP contribution is -2.03. The second kappa shape index (κ2) is 4.43. The number of nitrogens with zero attached hydrogens (tertiary/aromatic N) is 1. The minimum atomic E-state index is -0.811. The molecule has 0 amide bonds. The Morgan fingerprint density at radius 2 is 2.20 bits per heavy atom. The quantitative estimate of drug-likeness (QED) is 0.387. The third kappa shape index (κ3) is 2.35. The molecule has 0 atom stereocenters. The third-order valence-corrected chi connectivity index (χ3v) is 2.49. The molecule has 0 saturated heterocycles. The topological polar surface area (TPSA) is 89.7 Å². The van der Waals surface area contributed by atoms with Crippen molar-refractivity contribution >= 4 is 34.2 Å². The molecule has 1 aromatic carbocycles. The second-order valence-corrected chi connectivity index (χ2v) is 3.73. The lowest BCUT2D eigenvalue weighted by Gasteiger charge is -2.04. The van der Waals surface area contributed by atoms with Crippen molar-refractivity contribution < 1.29 is 19.6 Å². The largest absolute Gasteiger partial charge is 0.506 e. The highest BCUT2D eigenvalue weighted by Gasteiger charge is 2.20. The first-order valence-corrected chi connectivity index (χ1v) is 4.80. The number of hydrogen-bond acceptors (Lipinski definition) is 5. The van der Waals surface area contributed by atoms with Gasteiger partial charge in [-0.25, -0.2) is 4.79 Å². The standard InChI is InChI=1S/C8H6INO5/c1-15-8(12)5-2-4(10(13)14)3-6(9)7(5)11/h2-3,11H,1H3. The molecule has 0 bridgehead atoms. The van der Waals surface area contributed by atoms with Crippen molar-refractivity contribution in [3.8, 4) is 5.75 Å². The van der Waals surface area contributed by atoms with Crippen LogP contribution in [-0.2, 0) is 4.74 Å². The normalized spacial score (nSPS) is 9.73. The Balaban J connectivity index is 3.37. The van der Waals surface area contributed by atoms with E-state index >= 15 is 0 Å². The maximum atomic E-state index is 11.2. The minimum absolute atomic E-state index is 0.212. The van der Waals surface area contributed by atoms with E-state index in [2.05, 4.69) is 4.74 Å². The molecule has 6 nitrogen and oxygen atoms in total. The monoisotopic (exact) mass is 323 g/mol. The van der Waals surface area contributed by atoms with Gasteiger partial charge in [-0.1, -0.05) is 0 Å². The summed E-state index contributed by atoms with van der Waals surface area (Å²) in [4.78, 5) is 21.0. The van der Waals surface area contributed by atoms with E-state index < -0.39 is 10.9 Å². The second-order valence-electron chi connectivity index (χ2n) is 2.57. The van der Waals surface area contributed by atoms with E-state index in [0.29, 0.717) is 0 Å². The van der Waals surface area contributed by atoms with E-state index in [1.807, 2.05) is 0 Å². The fourth-order valence-corrected chi connectivity index (χ4v) is 1.57. The van der Waals surface area contributed by atoms with Crippen LogP contribution in [0.4, 0.5) is 5.69 Å². The number of rotatable bonds is 2. The zero-order chi connectivity index (χ0) is 11.6. The van der Waals surface area contributed by atoms with Crippen LogP contribution >= 0.6 is 22.6 Å². The number of esters is 1. The molecule has 7 heteroatoms. The summed E-state index contributed by atoms with van der Waals surface area (Å²) < 4.78 is 4.61. The first-order chi connectivity index (χ1) is 6.97. The molecule has 0 fully saturated rings. The van der Waals surface area contributed by atoms with Crippen molar-refractivity contribution in [2.24, 2.45) is 0 Å². The van der Waals surface area contributed by atoms with E-state index in [0.717, 1.165) is 13.2 Å². The molecule has 1 aromatic rings. The Morgan fingerprint density at radius 1 is 1.60 bits per heavy atom. The van der Waals surface area contributed by atoms with Crippen molar-refractivity contribution in [3.63, 3.8) is 0 Å². The molecule has 0 spiro atoms. The average molecular weight is 323 g/mol. The molecule has 0 saturated carbocycles. The zero-order valence-corrected chi connectivity index (χ0v) is 9.72. The number of aromatic hydroxyl groups is 1. The molecule has 0 aliphatic heterocycles. The molecule has 0 heterocycles. The average Bonchev–Trinajstić information content (AvgIpc) is 2.20. The number of nitro benzene ring substituents is 1. The number of benzene rings is 1. The maximum Gasteiger partial charge on any atom is 0.341 e. The number of carbonyl (C=O) groups is 1. The van der Waals surface area contributed by atoms with Crippen LogP contribution in [0.3, 0.4) is 0 Å². The Kier molecular flexibility index (Phi) is 3.45. The van der Waals surface area contributed by atoms with Gasteiger partial charge in [0, 0.05) is 12.1 Å². The van der Waals surface area contributed by atoms with Crippen LogP contribution < -0.4 is 0 Å². The lowest BCUT2D eigenvalue weighted by molar-refractivity contribution is -0.385. The Bertz CT molecular complexity index is 431. The van der Waals surface area contributed by atoms with Gasteiger partial charge in [-0.3, -0.25) is 10.1 Å². The highest BCUT2D eigenvalue weighted by atomic mass is 127. The molecule has 15 heavy (non-hydrogen) atoms. The van der Waals surface area contributed by atoms with E-state index in [4.69, 9.17) is 0 Å². The van der Waals surface area contributed by atoms with Gasteiger partial charge >= 0.3 is 5.97 Å². The summed E-state index contributed by atoms with van der Waals surface area (Å²) in [6.07, 6.45) is 0. The molecular weight excluding hydrogens is 317 g/mol. The van der Waals surface area contributed by atoms with Gasteiger partial charge < -0.3 is 9.84 Å². The number of halogens is 1. The van der Waals surface area contributed by atoms with E-state index in [1.54, 1.807) is 22.6 Å². The third-order valence-electron chi connectivity index (χ3n) is 1.66. The zero-order valence-electron chi connectivity index (χ0n) is 7.56. The molecular formula is C8H6INO5. The number of nitro groups is 1. The lowest BCUT2D eigenvalue weighted by atomic mass is 10.2. The Labute approximate surface area is 98.1 Å². The molecule has 0 unspecified atom stereocenters.